The average Bonchev–Trinajstić information content (AvgIpc) is 3.23. The van der Waals surface area contributed by atoms with E-state index in [-0.39, 0.29) is 41.6 Å². The molecule has 0 aliphatic carbocycles. The Morgan fingerprint density at radius 3 is 2.38 bits per heavy atom. The van der Waals surface area contributed by atoms with Crippen molar-refractivity contribution in [3.05, 3.63) is 90.0 Å². The second-order valence-electron chi connectivity index (χ2n) is 8.22. The molecule has 1 N–H and O–H groups in total. The molecule has 8 heteroatoms. The molecule has 0 spiro atoms. The number of nitrogens with zero attached hydrogens (tertiary/aromatic N) is 3. The third-order valence-corrected chi connectivity index (χ3v) is 4.97. The standard InChI is InChI=1S/C26H24F2N4O2/c1-17(2)15-24(33)29-20-11-13-21(14-12-20)32-25(22-5-3-4-6-23(22)28)30-26(31-32)34-16-18-7-9-19(27)10-8-18/h3-14,17H,15-16H2,1-2H3,(H,29,33). The molecule has 0 radical (unpaired) electrons. The van der Waals surface area contributed by atoms with Gasteiger partial charge >= 0.3 is 6.01 Å². The predicted octanol–water partition coefficient (Wildman–Crippen LogP) is 5.78. The maximum absolute atomic E-state index is 14.6. The molecule has 0 unspecified atom stereocenters. The van der Waals surface area contributed by atoms with Gasteiger partial charge in [0, 0.05) is 12.1 Å². The van der Waals surface area contributed by atoms with Crippen LogP contribution in [0.1, 0.15) is 25.8 Å². The lowest BCUT2D eigenvalue weighted by Gasteiger charge is -2.09. The quantitative estimate of drug-likeness (QED) is 0.361. The van der Waals surface area contributed by atoms with Gasteiger partial charge < -0.3 is 10.1 Å². The van der Waals surface area contributed by atoms with Crippen molar-refractivity contribution in [3.63, 3.8) is 0 Å². The van der Waals surface area contributed by atoms with Gasteiger partial charge in [0.25, 0.3) is 0 Å². The number of nitrogens with one attached hydrogen (secondary N) is 1. The summed E-state index contributed by atoms with van der Waals surface area (Å²) in [5, 5.41) is 7.28. The van der Waals surface area contributed by atoms with E-state index >= 15 is 0 Å². The normalized spacial score (nSPS) is 11.0. The van der Waals surface area contributed by atoms with Gasteiger partial charge in [-0.25, -0.2) is 13.5 Å². The first-order valence-corrected chi connectivity index (χ1v) is 10.9. The molecule has 0 aliphatic heterocycles. The molecule has 1 heterocycles. The summed E-state index contributed by atoms with van der Waals surface area (Å²) < 4.78 is 34.9. The number of hydrogen-bond donors (Lipinski definition) is 1. The van der Waals surface area contributed by atoms with Gasteiger partial charge in [-0.15, -0.1) is 5.10 Å². The van der Waals surface area contributed by atoms with Crippen LogP contribution < -0.4 is 10.1 Å². The molecule has 3 aromatic carbocycles. The number of halogens is 2. The highest BCUT2D eigenvalue weighted by atomic mass is 19.1. The molecule has 34 heavy (non-hydrogen) atoms. The minimum atomic E-state index is -0.446. The first kappa shape index (κ1) is 23.1. The van der Waals surface area contributed by atoms with E-state index in [2.05, 4.69) is 15.4 Å². The van der Waals surface area contributed by atoms with Crippen LogP contribution >= 0.6 is 0 Å². The number of hydrogen-bond acceptors (Lipinski definition) is 4. The van der Waals surface area contributed by atoms with Crippen LogP contribution in [-0.2, 0) is 11.4 Å². The van der Waals surface area contributed by atoms with Gasteiger partial charge in [-0.3, -0.25) is 4.79 Å². The van der Waals surface area contributed by atoms with E-state index in [1.807, 2.05) is 13.8 Å². The number of anilines is 1. The lowest BCUT2D eigenvalue weighted by atomic mass is 10.1. The van der Waals surface area contributed by atoms with Crippen LogP contribution in [0.3, 0.4) is 0 Å². The van der Waals surface area contributed by atoms with Crippen molar-refractivity contribution < 1.29 is 18.3 Å². The maximum atomic E-state index is 14.6. The second kappa shape index (κ2) is 10.2. The van der Waals surface area contributed by atoms with Crippen molar-refractivity contribution in [1.29, 1.82) is 0 Å². The zero-order chi connectivity index (χ0) is 24.1. The van der Waals surface area contributed by atoms with Gasteiger partial charge in [0.2, 0.25) is 5.91 Å². The Hall–Kier alpha value is -4.07. The van der Waals surface area contributed by atoms with E-state index in [1.54, 1.807) is 54.6 Å². The van der Waals surface area contributed by atoms with E-state index in [0.717, 1.165) is 5.56 Å². The smallest absolute Gasteiger partial charge is 0.336 e. The third-order valence-electron chi connectivity index (χ3n) is 4.97. The Kier molecular flexibility index (Phi) is 6.96. The Balaban J connectivity index is 1.61. The first-order valence-electron chi connectivity index (χ1n) is 10.9. The van der Waals surface area contributed by atoms with Gasteiger partial charge in [-0.05, 0) is 60.0 Å². The Bertz CT molecular complexity index is 1270. The molecule has 174 valence electrons. The average molecular weight is 463 g/mol. The van der Waals surface area contributed by atoms with Crippen molar-refractivity contribution in [2.24, 2.45) is 5.92 Å². The van der Waals surface area contributed by atoms with E-state index < -0.39 is 5.82 Å². The van der Waals surface area contributed by atoms with Crippen LogP contribution in [-0.4, -0.2) is 20.7 Å². The number of aromatic nitrogens is 3. The number of carbonyl (C=O) groups is 1. The summed E-state index contributed by atoms with van der Waals surface area (Å²) in [7, 11) is 0. The van der Waals surface area contributed by atoms with Crippen LogP contribution in [0.2, 0.25) is 0 Å². The Morgan fingerprint density at radius 2 is 1.71 bits per heavy atom. The van der Waals surface area contributed by atoms with Crippen LogP contribution in [0.4, 0.5) is 14.5 Å². The lowest BCUT2D eigenvalue weighted by molar-refractivity contribution is -0.116. The summed E-state index contributed by atoms with van der Waals surface area (Å²) >= 11 is 0. The van der Waals surface area contributed by atoms with Crippen molar-refractivity contribution in [2.75, 3.05) is 5.32 Å². The molecule has 0 atom stereocenters. The van der Waals surface area contributed by atoms with Crippen molar-refractivity contribution in [2.45, 2.75) is 26.9 Å². The maximum Gasteiger partial charge on any atom is 0.336 e. The summed E-state index contributed by atoms with van der Waals surface area (Å²) in [5.74, 6) is -0.322. The molecule has 0 fully saturated rings. The molecule has 4 aromatic rings. The zero-order valence-electron chi connectivity index (χ0n) is 18.8. The van der Waals surface area contributed by atoms with Gasteiger partial charge in [-0.1, -0.05) is 38.1 Å². The number of carbonyl (C=O) groups excluding carboxylic acids is 1. The molecular weight excluding hydrogens is 438 g/mol. The van der Waals surface area contributed by atoms with Crippen molar-refractivity contribution in [3.8, 4) is 23.1 Å². The monoisotopic (exact) mass is 462 g/mol. The SMILES string of the molecule is CC(C)CC(=O)Nc1ccc(-n2nc(OCc3ccc(F)cc3)nc2-c2ccccc2F)cc1. The number of amides is 1. The highest BCUT2D eigenvalue weighted by Gasteiger charge is 2.18. The van der Waals surface area contributed by atoms with Crippen LogP contribution in [0, 0.1) is 17.6 Å². The minimum absolute atomic E-state index is 0.0527. The number of rotatable bonds is 8. The number of ether oxygens (including phenoxy) is 1. The Labute approximate surface area is 196 Å². The van der Waals surface area contributed by atoms with E-state index in [1.165, 1.54) is 22.9 Å². The van der Waals surface area contributed by atoms with Crippen LogP contribution in [0.5, 0.6) is 6.01 Å². The molecule has 0 saturated carbocycles. The fraction of sp³-hybridized carbons (Fsp3) is 0.192. The van der Waals surface area contributed by atoms with Gasteiger partial charge in [-0.2, -0.15) is 4.98 Å². The third kappa shape index (κ3) is 5.64. The van der Waals surface area contributed by atoms with Crippen molar-refractivity contribution in [1.82, 2.24) is 14.8 Å². The van der Waals surface area contributed by atoms with Crippen molar-refractivity contribution >= 4 is 11.6 Å². The largest absolute Gasteiger partial charge is 0.457 e. The summed E-state index contributed by atoms with van der Waals surface area (Å²) in [4.78, 5) is 16.4. The summed E-state index contributed by atoms with van der Waals surface area (Å²) in [6.45, 7) is 4.09. The molecular formula is C26H24F2N4O2. The topological polar surface area (TPSA) is 69.0 Å². The van der Waals surface area contributed by atoms with Gasteiger partial charge in [0.15, 0.2) is 5.82 Å². The van der Waals surface area contributed by atoms with E-state index in [0.29, 0.717) is 17.8 Å². The molecule has 0 bridgehead atoms. The molecule has 0 saturated heterocycles. The van der Waals surface area contributed by atoms with Crippen LogP contribution in [0.25, 0.3) is 17.1 Å². The van der Waals surface area contributed by atoms with Gasteiger partial charge in [0.1, 0.15) is 18.2 Å². The molecule has 1 amide bonds. The first-order chi connectivity index (χ1) is 16.4. The molecule has 1 aromatic heterocycles. The molecule has 4 rings (SSSR count). The highest BCUT2D eigenvalue weighted by molar-refractivity contribution is 5.90. The fourth-order valence-corrected chi connectivity index (χ4v) is 3.35. The number of benzene rings is 3. The van der Waals surface area contributed by atoms with Crippen LogP contribution in [0.15, 0.2) is 72.8 Å². The summed E-state index contributed by atoms with van der Waals surface area (Å²) in [5.41, 5.74) is 2.27. The van der Waals surface area contributed by atoms with Gasteiger partial charge in [0.05, 0.1) is 11.3 Å². The fourth-order valence-electron chi connectivity index (χ4n) is 3.35. The highest BCUT2D eigenvalue weighted by Crippen LogP contribution is 2.27. The summed E-state index contributed by atoms with van der Waals surface area (Å²) in [6.07, 6.45) is 0.428. The lowest BCUT2D eigenvalue weighted by Crippen LogP contribution is -2.13. The second-order valence-corrected chi connectivity index (χ2v) is 8.22. The minimum Gasteiger partial charge on any atom is -0.457 e. The Morgan fingerprint density at radius 1 is 1.00 bits per heavy atom. The molecule has 0 aliphatic rings. The predicted molar refractivity (Wildman–Crippen MR) is 126 cm³/mol. The zero-order valence-corrected chi connectivity index (χ0v) is 18.8. The molecule has 6 nitrogen and oxygen atoms in total. The van der Waals surface area contributed by atoms with E-state index in [4.69, 9.17) is 4.74 Å². The van der Waals surface area contributed by atoms with E-state index in [9.17, 15) is 13.6 Å². The summed E-state index contributed by atoms with van der Waals surface area (Å²) in [6, 6.07) is 19.2.